The van der Waals surface area contributed by atoms with Crippen molar-refractivity contribution >= 4 is 47.2 Å². The number of carbonyl (C=O) groups excluding carboxylic acids is 2. The third-order valence-electron chi connectivity index (χ3n) is 4.30. The van der Waals surface area contributed by atoms with Crippen LogP contribution in [0.2, 0.25) is 10.0 Å². The molecule has 2 rings (SSSR count). The minimum Gasteiger partial charge on any atom is -0.353 e. The molecule has 0 spiro atoms. The van der Waals surface area contributed by atoms with Crippen LogP contribution in [0.15, 0.2) is 60.7 Å². The Hall–Kier alpha value is -2.56. The Labute approximate surface area is 188 Å². The summed E-state index contributed by atoms with van der Waals surface area (Å²) in [6.45, 7) is 1.28. The van der Waals surface area contributed by atoms with Gasteiger partial charge in [-0.1, -0.05) is 60.3 Å². The maximum Gasteiger partial charge on any atom is 0.243 e. The number of hydrogen-bond acceptors (Lipinski definition) is 2. The highest BCUT2D eigenvalue weighted by atomic mass is 35.5. The highest BCUT2D eigenvalue weighted by Gasteiger charge is 1.98. The average Bonchev–Trinajstić information content (AvgIpc) is 2.74. The lowest BCUT2D eigenvalue weighted by Gasteiger charge is -2.04. The van der Waals surface area contributed by atoms with Crippen LogP contribution in [0.5, 0.6) is 0 Å². The maximum atomic E-state index is 11.8. The van der Waals surface area contributed by atoms with Gasteiger partial charge in [-0.2, -0.15) is 0 Å². The summed E-state index contributed by atoms with van der Waals surface area (Å²) >= 11 is 11.7. The average molecular weight is 445 g/mol. The predicted octanol–water partition coefficient (Wildman–Crippen LogP) is 5.51. The molecule has 2 N–H and O–H groups in total. The predicted molar refractivity (Wildman–Crippen MR) is 125 cm³/mol. The normalized spacial score (nSPS) is 11.1. The van der Waals surface area contributed by atoms with Crippen molar-refractivity contribution in [2.45, 2.75) is 25.7 Å². The first-order chi connectivity index (χ1) is 14.5. The van der Waals surface area contributed by atoms with Crippen molar-refractivity contribution in [3.8, 4) is 0 Å². The Morgan fingerprint density at radius 1 is 0.633 bits per heavy atom. The van der Waals surface area contributed by atoms with Crippen molar-refractivity contribution in [1.82, 2.24) is 10.6 Å². The fourth-order valence-corrected chi connectivity index (χ4v) is 2.89. The molecule has 0 aliphatic rings. The Balaban J connectivity index is 1.48. The summed E-state index contributed by atoms with van der Waals surface area (Å²) in [5, 5.41) is 7.08. The van der Waals surface area contributed by atoms with Crippen LogP contribution in [-0.4, -0.2) is 24.9 Å². The van der Waals surface area contributed by atoms with Crippen molar-refractivity contribution in [1.29, 1.82) is 0 Å². The summed E-state index contributed by atoms with van der Waals surface area (Å²) < 4.78 is 0. The lowest BCUT2D eigenvalue weighted by Crippen LogP contribution is -2.23. The van der Waals surface area contributed by atoms with E-state index in [1.54, 1.807) is 36.4 Å². The molecule has 0 heterocycles. The first-order valence-electron chi connectivity index (χ1n) is 9.96. The Kier molecular flexibility index (Phi) is 10.8. The second kappa shape index (κ2) is 13.6. The van der Waals surface area contributed by atoms with E-state index in [9.17, 15) is 9.59 Å². The molecule has 0 saturated heterocycles. The zero-order valence-electron chi connectivity index (χ0n) is 16.7. The second-order valence-electron chi connectivity index (χ2n) is 6.77. The standard InChI is InChI=1S/C24H26Cl2N2O2/c25-21-11-5-19(6-12-21)9-15-23(29)27-17-3-1-2-4-18-28-24(30)16-10-20-7-13-22(26)14-8-20/h5-16H,1-4,17-18H2,(H,27,29)(H,28,30). The zero-order valence-corrected chi connectivity index (χ0v) is 18.3. The molecular formula is C24H26Cl2N2O2. The van der Waals surface area contributed by atoms with Crippen molar-refractivity contribution in [2.75, 3.05) is 13.1 Å². The summed E-state index contributed by atoms with van der Waals surface area (Å²) in [4.78, 5) is 23.6. The molecule has 0 unspecified atom stereocenters. The number of nitrogens with one attached hydrogen (secondary N) is 2. The highest BCUT2D eigenvalue weighted by Crippen LogP contribution is 2.11. The van der Waals surface area contributed by atoms with Crippen LogP contribution in [-0.2, 0) is 9.59 Å². The van der Waals surface area contributed by atoms with Gasteiger partial charge in [-0.05, 0) is 60.4 Å². The summed E-state index contributed by atoms with van der Waals surface area (Å²) in [5.41, 5.74) is 1.86. The number of amides is 2. The van der Waals surface area contributed by atoms with Gasteiger partial charge in [-0.3, -0.25) is 9.59 Å². The quantitative estimate of drug-likeness (QED) is 0.354. The molecule has 158 valence electrons. The maximum absolute atomic E-state index is 11.8. The molecule has 2 amide bonds. The largest absolute Gasteiger partial charge is 0.353 e. The summed E-state index contributed by atoms with van der Waals surface area (Å²) in [6, 6.07) is 14.6. The molecule has 0 fully saturated rings. The first kappa shape index (κ1) is 23.7. The Bertz CT molecular complexity index is 786. The molecule has 0 aliphatic carbocycles. The molecule has 6 heteroatoms. The van der Waals surface area contributed by atoms with Crippen LogP contribution >= 0.6 is 23.2 Å². The number of benzene rings is 2. The van der Waals surface area contributed by atoms with E-state index < -0.39 is 0 Å². The van der Waals surface area contributed by atoms with Gasteiger partial charge in [0.15, 0.2) is 0 Å². The van der Waals surface area contributed by atoms with E-state index >= 15 is 0 Å². The molecule has 0 atom stereocenters. The summed E-state index contributed by atoms with van der Waals surface area (Å²) in [5.74, 6) is -0.214. The minimum atomic E-state index is -0.107. The lowest BCUT2D eigenvalue weighted by atomic mass is 10.2. The molecule has 2 aromatic rings. The molecule has 0 bridgehead atoms. The van der Waals surface area contributed by atoms with E-state index in [1.807, 2.05) is 24.3 Å². The van der Waals surface area contributed by atoms with Crippen LogP contribution in [0.4, 0.5) is 0 Å². The van der Waals surface area contributed by atoms with Gasteiger partial charge in [-0.25, -0.2) is 0 Å². The lowest BCUT2D eigenvalue weighted by molar-refractivity contribution is -0.117. The number of unbranched alkanes of at least 4 members (excludes halogenated alkanes) is 3. The zero-order chi connectivity index (χ0) is 21.6. The molecule has 4 nitrogen and oxygen atoms in total. The molecule has 30 heavy (non-hydrogen) atoms. The Morgan fingerprint density at radius 3 is 1.37 bits per heavy atom. The molecule has 0 saturated carbocycles. The van der Waals surface area contributed by atoms with Gasteiger partial charge in [0, 0.05) is 35.3 Å². The van der Waals surface area contributed by atoms with Crippen molar-refractivity contribution < 1.29 is 9.59 Å². The van der Waals surface area contributed by atoms with Gasteiger partial charge in [0.2, 0.25) is 11.8 Å². The SMILES string of the molecule is O=C(C=Cc1ccc(Cl)cc1)NCCCCCCNC(=O)C=Cc1ccc(Cl)cc1. The third-order valence-corrected chi connectivity index (χ3v) is 4.80. The van der Waals surface area contributed by atoms with Gasteiger partial charge in [0.05, 0.1) is 0 Å². The van der Waals surface area contributed by atoms with Crippen molar-refractivity contribution in [3.05, 3.63) is 81.9 Å². The topological polar surface area (TPSA) is 58.2 Å². The van der Waals surface area contributed by atoms with E-state index in [4.69, 9.17) is 23.2 Å². The van der Waals surface area contributed by atoms with Crippen LogP contribution in [0.25, 0.3) is 12.2 Å². The minimum absolute atomic E-state index is 0.107. The smallest absolute Gasteiger partial charge is 0.243 e. The van der Waals surface area contributed by atoms with Crippen molar-refractivity contribution in [2.24, 2.45) is 0 Å². The third kappa shape index (κ3) is 10.3. The van der Waals surface area contributed by atoms with Crippen LogP contribution in [0.1, 0.15) is 36.8 Å². The molecule has 0 radical (unpaired) electrons. The van der Waals surface area contributed by atoms with Gasteiger partial charge in [0.1, 0.15) is 0 Å². The van der Waals surface area contributed by atoms with Crippen molar-refractivity contribution in [3.63, 3.8) is 0 Å². The van der Waals surface area contributed by atoms with Gasteiger partial charge >= 0.3 is 0 Å². The highest BCUT2D eigenvalue weighted by molar-refractivity contribution is 6.30. The first-order valence-corrected chi connectivity index (χ1v) is 10.7. The van der Waals surface area contributed by atoms with E-state index in [2.05, 4.69) is 10.6 Å². The number of hydrogen-bond donors (Lipinski definition) is 2. The number of halogens is 2. The van der Waals surface area contributed by atoms with E-state index in [-0.39, 0.29) is 11.8 Å². The fourth-order valence-electron chi connectivity index (χ4n) is 2.64. The summed E-state index contributed by atoms with van der Waals surface area (Å²) in [6.07, 6.45) is 10.4. The monoisotopic (exact) mass is 444 g/mol. The molecule has 2 aromatic carbocycles. The molecule has 0 aliphatic heterocycles. The number of carbonyl (C=O) groups is 2. The molecular weight excluding hydrogens is 419 g/mol. The van der Waals surface area contributed by atoms with E-state index in [0.717, 1.165) is 36.8 Å². The number of rotatable bonds is 11. The van der Waals surface area contributed by atoms with E-state index in [0.29, 0.717) is 23.1 Å². The van der Waals surface area contributed by atoms with Crippen LogP contribution in [0, 0.1) is 0 Å². The fraction of sp³-hybridized carbons (Fsp3) is 0.250. The Morgan fingerprint density at radius 2 is 1.00 bits per heavy atom. The van der Waals surface area contributed by atoms with Gasteiger partial charge in [0.25, 0.3) is 0 Å². The summed E-state index contributed by atoms with van der Waals surface area (Å²) in [7, 11) is 0. The van der Waals surface area contributed by atoms with Gasteiger partial charge < -0.3 is 10.6 Å². The van der Waals surface area contributed by atoms with Crippen LogP contribution < -0.4 is 10.6 Å². The van der Waals surface area contributed by atoms with Crippen LogP contribution in [0.3, 0.4) is 0 Å². The van der Waals surface area contributed by atoms with Gasteiger partial charge in [-0.15, -0.1) is 0 Å². The molecule has 0 aromatic heterocycles. The van der Waals surface area contributed by atoms with E-state index in [1.165, 1.54) is 12.2 Å². The second-order valence-corrected chi connectivity index (χ2v) is 7.64.